The lowest BCUT2D eigenvalue weighted by atomic mass is 9.91. The van der Waals surface area contributed by atoms with Gasteiger partial charge >= 0.3 is 0 Å². The summed E-state index contributed by atoms with van der Waals surface area (Å²) in [5, 5.41) is 0. The minimum Gasteiger partial charge on any atom is -0.355 e. The van der Waals surface area contributed by atoms with Crippen molar-refractivity contribution in [1.82, 2.24) is 19.5 Å². The Bertz CT molecular complexity index is 2220. The summed E-state index contributed by atoms with van der Waals surface area (Å²) in [6.07, 6.45) is 8.39. The highest BCUT2D eigenvalue weighted by molar-refractivity contribution is 6.06. The van der Waals surface area contributed by atoms with Crippen LogP contribution in [0.2, 0.25) is 0 Å². The van der Waals surface area contributed by atoms with E-state index in [4.69, 9.17) is 9.97 Å². The molecule has 0 fully saturated rings. The Labute approximate surface area is 262 Å². The highest BCUT2D eigenvalue weighted by Crippen LogP contribution is 2.45. The molecule has 0 unspecified atom stereocenters. The average Bonchev–Trinajstić information content (AvgIpc) is 3.83. The summed E-state index contributed by atoms with van der Waals surface area (Å²) in [6, 6.07) is 38.8. The second kappa shape index (κ2) is 10.8. The predicted molar refractivity (Wildman–Crippen MR) is 189 cm³/mol. The van der Waals surface area contributed by atoms with E-state index in [1.807, 2.05) is 0 Å². The second-order valence-corrected chi connectivity index (χ2v) is 11.8. The largest absolute Gasteiger partial charge is 0.355 e. The van der Waals surface area contributed by atoms with Crippen LogP contribution in [-0.2, 0) is 0 Å². The van der Waals surface area contributed by atoms with Gasteiger partial charge in [0.05, 0.1) is 33.8 Å². The first kappa shape index (κ1) is 26.9. The van der Waals surface area contributed by atoms with Crippen LogP contribution >= 0.6 is 0 Å². The number of para-hydroxylation sites is 1. The van der Waals surface area contributed by atoms with E-state index in [9.17, 15) is 0 Å². The van der Waals surface area contributed by atoms with E-state index in [-0.39, 0.29) is 0 Å². The molecule has 1 N–H and O–H groups in total. The Hall–Kier alpha value is -5.74. The van der Waals surface area contributed by atoms with Crippen molar-refractivity contribution < 1.29 is 0 Å². The van der Waals surface area contributed by atoms with E-state index < -0.39 is 0 Å². The molecule has 6 aromatic rings. The second-order valence-electron chi connectivity index (χ2n) is 11.8. The van der Waals surface area contributed by atoms with E-state index in [2.05, 4.69) is 164 Å². The van der Waals surface area contributed by atoms with Crippen LogP contribution in [0.4, 0.5) is 0 Å². The van der Waals surface area contributed by atoms with Gasteiger partial charge in [0.15, 0.2) is 0 Å². The lowest BCUT2D eigenvalue weighted by Gasteiger charge is -2.11. The van der Waals surface area contributed by atoms with Gasteiger partial charge in [0.2, 0.25) is 0 Å². The summed E-state index contributed by atoms with van der Waals surface area (Å²) >= 11 is 0. The molecular formula is C41H32N4. The number of rotatable bonds is 3. The van der Waals surface area contributed by atoms with Crippen LogP contribution in [0.3, 0.4) is 0 Å². The van der Waals surface area contributed by atoms with E-state index in [1.165, 1.54) is 38.9 Å². The van der Waals surface area contributed by atoms with Crippen LogP contribution in [0.5, 0.6) is 0 Å². The lowest BCUT2D eigenvalue weighted by molar-refractivity contribution is 1.14. The van der Waals surface area contributed by atoms with Crippen LogP contribution in [-0.4, -0.2) is 19.5 Å². The molecule has 216 valence electrons. The zero-order chi connectivity index (χ0) is 30.5. The standard InChI is InChI=1S/C41H32N4/c1-26-10-4-7-13-35(26)40-38-24-33-20-18-31(43-33)22-29-16-17-30(42-29)23-32-19-21-34(44-32)25-39(41(40)36-14-8-5-11-27(36)2)45(38)37-15-9-6-12-28(37)3/h4-25,42H,1-3H3. The first-order valence-corrected chi connectivity index (χ1v) is 15.3. The van der Waals surface area contributed by atoms with Crippen LogP contribution in [0.1, 0.15) is 39.5 Å². The third-order valence-electron chi connectivity index (χ3n) is 8.70. The molecular weight excluding hydrogens is 548 g/mol. The zero-order valence-electron chi connectivity index (χ0n) is 25.5. The van der Waals surface area contributed by atoms with Crippen molar-refractivity contribution in [1.29, 1.82) is 0 Å². The Morgan fingerprint density at radius 1 is 0.467 bits per heavy atom. The first-order valence-electron chi connectivity index (χ1n) is 15.3. The molecule has 0 saturated carbocycles. The average molecular weight is 581 g/mol. The number of fused-ring (bicyclic) bond motifs is 8. The number of hydrogen-bond donors (Lipinski definition) is 1. The number of H-pyrrole nitrogens is 1. The van der Waals surface area contributed by atoms with Gasteiger partial charge in [-0.25, -0.2) is 9.97 Å². The Balaban J connectivity index is 1.67. The van der Waals surface area contributed by atoms with Crippen molar-refractivity contribution in [2.24, 2.45) is 0 Å². The van der Waals surface area contributed by atoms with Crippen molar-refractivity contribution >= 4 is 46.4 Å². The molecule has 0 atom stereocenters. The van der Waals surface area contributed by atoms with Crippen LogP contribution in [0.15, 0.2) is 109 Å². The Morgan fingerprint density at radius 3 is 1.36 bits per heavy atom. The summed E-state index contributed by atoms with van der Waals surface area (Å²) < 4.78 is 2.41. The smallest absolute Gasteiger partial charge is 0.0658 e. The summed E-state index contributed by atoms with van der Waals surface area (Å²) in [5.74, 6) is 0. The highest BCUT2D eigenvalue weighted by atomic mass is 15.0. The van der Waals surface area contributed by atoms with Gasteiger partial charge in [0, 0.05) is 27.8 Å². The predicted octanol–water partition coefficient (Wildman–Crippen LogP) is 10.4. The van der Waals surface area contributed by atoms with Gasteiger partial charge in [0.25, 0.3) is 0 Å². The molecule has 4 heteroatoms. The maximum atomic E-state index is 5.08. The van der Waals surface area contributed by atoms with E-state index >= 15 is 0 Å². The number of hydrogen-bond acceptors (Lipinski definition) is 2. The maximum absolute atomic E-state index is 5.08. The monoisotopic (exact) mass is 580 g/mol. The van der Waals surface area contributed by atoms with Gasteiger partial charge in [-0.2, -0.15) is 0 Å². The normalized spacial score (nSPS) is 12.2. The van der Waals surface area contributed by atoms with Gasteiger partial charge in [-0.05, 0) is 115 Å². The van der Waals surface area contributed by atoms with Crippen molar-refractivity contribution in [3.05, 3.63) is 149 Å². The molecule has 0 amide bonds. The number of nitrogens with zero attached hydrogens (tertiary/aromatic N) is 3. The van der Waals surface area contributed by atoms with Crippen molar-refractivity contribution in [3.63, 3.8) is 0 Å². The fraction of sp³-hybridized carbons (Fsp3) is 0.0732. The quantitative estimate of drug-likeness (QED) is 0.226. The first-order chi connectivity index (χ1) is 22.0. The summed E-state index contributed by atoms with van der Waals surface area (Å²) in [6.45, 7) is 6.58. The van der Waals surface area contributed by atoms with E-state index in [0.717, 1.165) is 50.5 Å². The Morgan fingerprint density at radius 2 is 0.889 bits per heavy atom. The summed E-state index contributed by atoms with van der Waals surface area (Å²) in [5.41, 5.74) is 17.3. The minimum atomic E-state index is 0.908. The van der Waals surface area contributed by atoms with Crippen LogP contribution < -0.4 is 0 Å². The highest BCUT2D eigenvalue weighted by Gasteiger charge is 2.23. The third kappa shape index (κ3) is 4.81. The van der Waals surface area contributed by atoms with Gasteiger partial charge in [-0.1, -0.05) is 66.7 Å². The number of benzene rings is 3. The molecule has 4 nitrogen and oxygen atoms in total. The molecule has 3 aromatic heterocycles. The van der Waals surface area contributed by atoms with Crippen molar-refractivity contribution in [2.75, 3.05) is 0 Å². The maximum Gasteiger partial charge on any atom is 0.0658 e. The fourth-order valence-corrected chi connectivity index (χ4v) is 6.52. The fourth-order valence-electron chi connectivity index (χ4n) is 6.52. The topological polar surface area (TPSA) is 46.5 Å². The molecule has 0 saturated heterocycles. The number of aromatic amines is 1. The van der Waals surface area contributed by atoms with Crippen LogP contribution in [0.25, 0.3) is 74.3 Å². The van der Waals surface area contributed by atoms with Gasteiger partial charge < -0.3 is 9.55 Å². The molecule has 5 heterocycles. The third-order valence-corrected chi connectivity index (χ3v) is 8.70. The molecule has 0 spiro atoms. The van der Waals surface area contributed by atoms with Gasteiger partial charge in [0.1, 0.15) is 0 Å². The number of aryl methyl sites for hydroxylation is 3. The Kier molecular flexibility index (Phi) is 6.42. The van der Waals surface area contributed by atoms with Gasteiger partial charge in [-0.15, -0.1) is 0 Å². The van der Waals surface area contributed by atoms with E-state index in [1.54, 1.807) is 0 Å². The van der Waals surface area contributed by atoms with Crippen molar-refractivity contribution in [2.45, 2.75) is 20.8 Å². The van der Waals surface area contributed by atoms with Crippen LogP contribution in [0, 0.1) is 20.8 Å². The van der Waals surface area contributed by atoms with Crippen molar-refractivity contribution in [3.8, 4) is 27.9 Å². The minimum absolute atomic E-state index is 0.908. The molecule has 0 aliphatic carbocycles. The molecule has 45 heavy (non-hydrogen) atoms. The molecule has 8 rings (SSSR count). The summed E-state index contributed by atoms with van der Waals surface area (Å²) in [7, 11) is 0. The summed E-state index contributed by atoms with van der Waals surface area (Å²) in [4.78, 5) is 13.6. The molecule has 2 aliphatic heterocycles. The van der Waals surface area contributed by atoms with Gasteiger partial charge in [-0.3, -0.25) is 0 Å². The molecule has 8 bridgehead atoms. The lowest BCUT2D eigenvalue weighted by Crippen LogP contribution is -1.97. The molecule has 3 aromatic carbocycles. The zero-order valence-corrected chi connectivity index (χ0v) is 25.5. The molecule has 0 radical (unpaired) electrons. The SMILES string of the molecule is Cc1ccccc1-c1c(-c2ccccc2C)c2cc3nc(cc4ccc(cc5nc(cc1n2-c1ccccc1C)C=C5)[nH]4)C=C3. The van der Waals surface area contributed by atoms with E-state index in [0.29, 0.717) is 0 Å². The molecule has 2 aliphatic rings. The number of aromatic nitrogens is 4. The number of nitrogens with one attached hydrogen (secondary N) is 1.